The summed E-state index contributed by atoms with van der Waals surface area (Å²) >= 11 is 0. The van der Waals surface area contributed by atoms with Gasteiger partial charge in [-0.05, 0) is 29.5 Å². The number of hydroxylamine groups is 1. The first-order valence-electron chi connectivity index (χ1n) is 4.63. The van der Waals surface area contributed by atoms with Gasteiger partial charge in [-0.1, -0.05) is 24.3 Å². The second kappa shape index (κ2) is 2.60. The molecule has 1 aromatic rings. The average molecular weight is 173 g/mol. The molecule has 0 aromatic heterocycles. The summed E-state index contributed by atoms with van der Waals surface area (Å²) in [6, 6.07) is 8.51. The molecule has 1 aliphatic heterocycles. The van der Waals surface area contributed by atoms with Crippen molar-refractivity contribution < 1.29 is 4.84 Å². The average Bonchev–Trinajstić information content (AvgIpc) is 2.65. The SMILES string of the molecule is C1=C2CCc3ccccc3C2ON1. The Morgan fingerprint density at radius 1 is 1.23 bits per heavy atom. The third kappa shape index (κ3) is 0.988. The monoisotopic (exact) mass is 173 g/mol. The van der Waals surface area contributed by atoms with Gasteiger partial charge < -0.3 is 0 Å². The number of benzene rings is 1. The van der Waals surface area contributed by atoms with Crippen LogP contribution in [0.3, 0.4) is 0 Å². The lowest BCUT2D eigenvalue weighted by Crippen LogP contribution is -2.12. The van der Waals surface area contributed by atoms with Crippen molar-refractivity contribution in [3.63, 3.8) is 0 Å². The summed E-state index contributed by atoms with van der Waals surface area (Å²) in [5, 5.41) is 0. The van der Waals surface area contributed by atoms with Gasteiger partial charge in [0.2, 0.25) is 0 Å². The van der Waals surface area contributed by atoms with E-state index in [1.807, 2.05) is 6.20 Å². The van der Waals surface area contributed by atoms with Crippen molar-refractivity contribution in [3.05, 3.63) is 47.2 Å². The minimum atomic E-state index is 0.171. The largest absolute Gasteiger partial charge is 0.273 e. The molecule has 3 rings (SSSR count). The van der Waals surface area contributed by atoms with Gasteiger partial charge in [0, 0.05) is 6.20 Å². The molecule has 0 fully saturated rings. The zero-order chi connectivity index (χ0) is 8.67. The predicted molar refractivity (Wildman–Crippen MR) is 49.8 cm³/mol. The highest BCUT2D eigenvalue weighted by molar-refractivity contribution is 5.39. The summed E-state index contributed by atoms with van der Waals surface area (Å²) in [7, 11) is 0. The number of hydrogen-bond acceptors (Lipinski definition) is 2. The fraction of sp³-hybridized carbons (Fsp3) is 0.273. The van der Waals surface area contributed by atoms with Gasteiger partial charge in [-0.2, -0.15) is 0 Å². The molecule has 13 heavy (non-hydrogen) atoms. The van der Waals surface area contributed by atoms with Gasteiger partial charge in [0.25, 0.3) is 0 Å². The van der Waals surface area contributed by atoms with E-state index in [2.05, 4.69) is 29.7 Å². The Kier molecular flexibility index (Phi) is 1.43. The Morgan fingerprint density at radius 2 is 2.15 bits per heavy atom. The van der Waals surface area contributed by atoms with E-state index in [1.54, 1.807) is 0 Å². The first-order valence-corrected chi connectivity index (χ1v) is 4.63. The second-order valence-electron chi connectivity index (χ2n) is 3.53. The van der Waals surface area contributed by atoms with E-state index >= 15 is 0 Å². The Balaban J connectivity index is 2.12. The Labute approximate surface area is 77.2 Å². The quantitative estimate of drug-likeness (QED) is 0.648. The lowest BCUT2D eigenvalue weighted by molar-refractivity contribution is 0.0392. The van der Waals surface area contributed by atoms with Gasteiger partial charge in [-0.3, -0.25) is 10.3 Å². The van der Waals surface area contributed by atoms with Crippen LogP contribution in [-0.4, -0.2) is 0 Å². The van der Waals surface area contributed by atoms with Gasteiger partial charge in [0.15, 0.2) is 0 Å². The van der Waals surface area contributed by atoms with Crippen LogP contribution in [-0.2, 0) is 11.3 Å². The Hall–Kier alpha value is -1.28. The maximum absolute atomic E-state index is 5.44. The molecule has 1 aromatic carbocycles. The van der Waals surface area contributed by atoms with Gasteiger partial charge in [0.05, 0.1) is 0 Å². The second-order valence-corrected chi connectivity index (χ2v) is 3.53. The summed E-state index contributed by atoms with van der Waals surface area (Å²) in [5.41, 5.74) is 6.97. The van der Waals surface area contributed by atoms with Crippen LogP contribution in [0.2, 0.25) is 0 Å². The Morgan fingerprint density at radius 3 is 3.15 bits per heavy atom. The summed E-state index contributed by atoms with van der Waals surface area (Å²) in [5.74, 6) is 0. The van der Waals surface area contributed by atoms with E-state index in [0.717, 1.165) is 12.8 Å². The molecule has 0 spiro atoms. The Bertz CT molecular complexity index is 370. The lowest BCUT2D eigenvalue weighted by Gasteiger charge is -2.22. The minimum Gasteiger partial charge on any atom is -0.273 e. The maximum atomic E-state index is 5.44. The number of fused-ring (bicyclic) bond motifs is 3. The molecule has 2 heteroatoms. The molecule has 2 aliphatic rings. The van der Waals surface area contributed by atoms with Crippen molar-refractivity contribution in [1.82, 2.24) is 5.48 Å². The highest BCUT2D eigenvalue weighted by atomic mass is 16.7. The third-order valence-corrected chi connectivity index (χ3v) is 2.79. The first kappa shape index (κ1) is 7.15. The van der Waals surface area contributed by atoms with Gasteiger partial charge in [0.1, 0.15) is 6.10 Å². The molecule has 0 saturated carbocycles. The fourth-order valence-electron chi connectivity index (χ4n) is 2.09. The molecule has 1 unspecified atom stereocenters. The number of hydrogen-bond donors (Lipinski definition) is 1. The molecule has 1 atom stereocenters. The van der Waals surface area contributed by atoms with Crippen LogP contribution in [0.4, 0.5) is 0 Å². The maximum Gasteiger partial charge on any atom is 0.133 e. The number of rotatable bonds is 0. The molecule has 0 amide bonds. The van der Waals surface area contributed by atoms with E-state index in [4.69, 9.17) is 4.84 Å². The van der Waals surface area contributed by atoms with E-state index in [-0.39, 0.29) is 6.10 Å². The lowest BCUT2D eigenvalue weighted by atomic mass is 9.86. The van der Waals surface area contributed by atoms with Crippen LogP contribution in [0.5, 0.6) is 0 Å². The topological polar surface area (TPSA) is 21.3 Å². The van der Waals surface area contributed by atoms with Crippen LogP contribution >= 0.6 is 0 Å². The standard InChI is InChI=1S/C11H11NO/c1-2-4-10-8(3-1)5-6-9-7-12-13-11(9)10/h1-4,7,11-12H,5-6H2. The normalized spacial score (nSPS) is 24.3. The van der Waals surface area contributed by atoms with Crippen molar-refractivity contribution in [2.24, 2.45) is 0 Å². The van der Waals surface area contributed by atoms with E-state index in [9.17, 15) is 0 Å². The molecular weight excluding hydrogens is 162 g/mol. The molecule has 1 aliphatic carbocycles. The van der Waals surface area contributed by atoms with E-state index < -0.39 is 0 Å². The molecule has 2 nitrogen and oxygen atoms in total. The van der Waals surface area contributed by atoms with Crippen molar-refractivity contribution >= 4 is 0 Å². The van der Waals surface area contributed by atoms with Crippen LogP contribution in [0.25, 0.3) is 0 Å². The van der Waals surface area contributed by atoms with Crippen molar-refractivity contribution in [2.45, 2.75) is 18.9 Å². The first-order chi connectivity index (χ1) is 6.45. The number of nitrogens with one attached hydrogen (secondary N) is 1. The zero-order valence-electron chi connectivity index (χ0n) is 7.29. The third-order valence-electron chi connectivity index (χ3n) is 2.79. The van der Waals surface area contributed by atoms with Gasteiger partial charge in [-0.25, -0.2) is 0 Å². The van der Waals surface area contributed by atoms with Gasteiger partial charge >= 0.3 is 0 Å². The molecule has 0 radical (unpaired) electrons. The summed E-state index contributed by atoms with van der Waals surface area (Å²) < 4.78 is 0. The molecule has 1 heterocycles. The van der Waals surface area contributed by atoms with E-state index in [1.165, 1.54) is 16.7 Å². The van der Waals surface area contributed by atoms with Crippen LogP contribution in [0.1, 0.15) is 23.7 Å². The highest BCUT2D eigenvalue weighted by Crippen LogP contribution is 2.37. The van der Waals surface area contributed by atoms with Crippen molar-refractivity contribution in [2.75, 3.05) is 0 Å². The smallest absolute Gasteiger partial charge is 0.133 e. The van der Waals surface area contributed by atoms with Crippen LogP contribution in [0, 0.1) is 0 Å². The molecular formula is C11H11NO. The summed E-state index contributed by atoms with van der Waals surface area (Å²) in [6.45, 7) is 0. The molecule has 66 valence electrons. The molecule has 1 N–H and O–H groups in total. The fourth-order valence-corrected chi connectivity index (χ4v) is 2.09. The predicted octanol–water partition coefficient (Wildman–Crippen LogP) is 2.09. The molecule has 0 bridgehead atoms. The summed E-state index contributed by atoms with van der Waals surface area (Å²) in [4.78, 5) is 5.44. The van der Waals surface area contributed by atoms with Crippen molar-refractivity contribution in [1.29, 1.82) is 0 Å². The number of aryl methyl sites for hydroxylation is 1. The zero-order valence-corrected chi connectivity index (χ0v) is 7.29. The van der Waals surface area contributed by atoms with Crippen LogP contribution in [0.15, 0.2) is 36.0 Å². The molecule has 0 saturated heterocycles. The van der Waals surface area contributed by atoms with Crippen LogP contribution < -0.4 is 5.48 Å². The van der Waals surface area contributed by atoms with E-state index in [0.29, 0.717) is 0 Å². The summed E-state index contributed by atoms with van der Waals surface area (Å²) in [6.07, 6.45) is 4.42. The van der Waals surface area contributed by atoms with Crippen molar-refractivity contribution in [3.8, 4) is 0 Å². The minimum absolute atomic E-state index is 0.171. The highest BCUT2D eigenvalue weighted by Gasteiger charge is 2.28. The van der Waals surface area contributed by atoms with Gasteiger partial charge in [-0.15, -0.1) is 0 Å².